The molecule has 104 valence electrons. The third kappa shape index (κ3) is 6.09. The van der Waals surface area contributed by atoms with Crippen LogP contribution < -0.4 is 10.1 Å². The van der Waals surface area contributed by atoms with Crippen LogP contribution in [0.15, 0.2) is 30.3 Å². The van der Waals surface area contributed by atoms with Crippen LogP contribution in [0.2, 0.25) is 0 Å². The summed E-state index contributed by atoms with van der Waals surface area (Å²) < 4.78 is 5.50. The van der Waals surface area contributed by atoms with Gasteiger partial charge in [0.15, 0.2) is 0 Å². The number of ether oxygens (including phenoxy) is 1. The van der Waals surface area contributed by atoms with Crippen LogP contribution >= 0.6 is 0 Å². The number of hydrogen-bond acceptors (Lipinski definition) is 2. The summed E-state index contributed by atoms with van der Waals surface area (Å²) in [5.41, 5.74) is 0.989. The Morgan fingerprint density at radius 2 is 2.00 bits per heavy atom. The van der Waals surface area contributed by atoms with Crippen molar-refractivity contribution in [1.82, 2.24) is 5.32 Å². The Hall–Kier alpha value is -1.77. The van der Waals surface area contributed by atoms with Crippen molar-refractivity contribution in [3.8, 4) is 5.75 Å². The van der Waals surface area contributed by atoms with Gasteiger partial charge in [-0.15, -0.1) is 0 Å². The van der Waals surface area contributed by atoms with Crippen LogP contribution in [0.4, 0.5) is 0 Å². The van der Waals surface area contributed by atoms with Gasteiger partial charge in [-0.1, -0.05) is 26.0 Å². The van der Waals surface area contributed by atoms with E-state index in [2.05, 4.69) is 12.2 Å². The molecule has 0 radical (unpaired) electrons. The van der Waals surface area contributed by atoms with E-state index < -0.39 is 0 Å². The molecule has 1 unspecified atom stereocenters. The monoisotopic (exact) mass is 261 g/mol. The van der Waals surface area contributed by atoms with E-state index in [1.807, 2.05) is 38.1 Å². The standard InChI is InChI=1S/C16H23NO2/c1-4-12-19-15-9-6-14(7-10-15)8-11-16(18)17-13(3)5-2/h6-11,13H,4-5,12H2,1-3H3,(H,17,18)/b11-8+. The highest BCUT2D eigenvalue weighted by molar-refractivity contribution is 5.91. The van der Waals surface area contributed by atoms with E-state index in [0.29, 0.717) is 0 Å². The van der Waals surface area contributed by atoms with Crippen LogP contribution in [0, 0.1) is 0 Å². The molecule has 0 spiro atoms. The van der Waals surface area contributed by atoms with Gasteiger partial charge >= 0.3 is 0 Å². The second-order valence-corrected chi connectivity index (χ2v) is 4.57. The van der Waals surface area contributed by atoms with Crippen molar-refractivity contribution in [2.45, 2.75) is 39.7 Å². The molecule has 1 N–H and O–H groups in total. The first kappa shape index (κ1) is 15.3. The fourth-order valence-corrected chi connectivity index (χ4v) is 1.46. The minimum Gasteiger partial charge on any atom is -0.494 e. The largest absolute Gasteiger partial charge is 0.494 e. The van der Waals surface area contributed by atoms with E-state index >= 15 is 0 Å². The van der Waals surface area contributed by atoms with Crippen LogP contribution in [-0.4, -0.2) is 18.6 Å². The topological polar surface area (TPSA) is 38.3 Å². The predicted molar refractivity (Wildman–Crippen MR) is 79.2 cm³/mol. The SMILES string of the molecule is CCCOc1ccc(/C=C/C(=O)NC(C)CC)cc1. The average molecular weight is 261 g/mol. The maximum atomic E-state index is 11.6. The molecular weight excluding hydrogens is 238 g/mol. The number of nitrogens with one attached hydrogen (secondary N) is 1. The molecule has 1 aromatic carbocycles. The quantitative estimate of drug-likeness (QED) is 0.764. The molecule has 0 heterocycles. The zero-order chi connectivity index (χ0) is 14.1. The lowest BCUT2D eigenvalue weighted by atomic mass is 10.2. The first-order valence-electron chi connectivity index (χ1n) is 6.87. The van der Waals surface area contributed by atoms with E-state index in [0.717, 1.165) is 30.8 Å². The van der Waals surface area contributed by atoms with Crippen molar-refractivity contribution in [1.29, 1.82) is 0 Å². The molecule has 0 saturated heterocycles. The van der Waals surface area contributed by atoms with Crippen molar-refractivity contribution in [3.05, 3.63) is 35.9 Å². The van der Waals surface area contributed by atoms with Crippen molar-refractivity contribution in [2.75, 3.05) is 6.61 Å². The molecule has 1 atom stereocenters. The van der Waals surface area contributed by atoms with E-state index in [9.17, 15) is 4.79 Å². The molecule has 3 nitrogen and oxygen atoms in total. The lowest BCUT2D eigenvalue weighted by molar-refractivity contribution is -0.117. The van der Waals surface area contributed by atoms with Gasteiger partial charge in [-0.2, -0.15) is 0 Å². The molecule has 0 aliphatic heterocycles. The molecule has 0 aromatic heterocycles. The fourth-order valence-electron chi connectivity index (χ4n) is 1.46. The summed E-state index contributed by atoms with van der Waals surface area (Å²) in [5, 5.41) is 2.89. The summed E-state index contributed by atoms with van der Waals surface area (Å²) >= 11 is 0. The maximum Gasteiger partial charge on any atom is 0.244 e. The van der Waals surface area contributed by atoms with Crippen molar-refractivity contribution >= 4 is 12.0 Å². The van der Waals surface area contributed by atoms with E-state index in [4.69, 9.17) is 4.74 Å². The number of benzene rings is 1. The smallest absolute Gasteiger partial charge is 0.244 e. The van der Waals surface area contributed by atoms with Gasteiger partial charge in [0.25, 0.3) is 0 Å². The zero-order valence-corrected chi connectivity index (χ0v) is 12.0. The predicted octanol–water partition coefficient (Wildman–Crippen LogP) is 3.40. The van der Waals surface area contributed by atoms with Gasteiger partial charge in [0.2, 0.25) is 5.91 Å². The normalized spacial score (nSPS) is 12.4. The van der Waals surface area contributed by atoms with Gasteiger partial charge in [-0.25, -0.2) is 0 Å². The van der Waals surface area contributed by atoms with E-state index in [1.54, 1.807) is 12.2 Å². The number of carbonyl (C=O) groups excluding carboxylic acids is 1. The van der Waals surface area contributed by atoms with E-state index in [1.165, 1.54) is 0 Å². The highest BCUT2D eigenvalue weighted by Gasteiger charge is 2.00. The van der Waals surface area contributed by atoms with Crippen LogP contribution in [-0.2, 0) is 4.79 Å². The Morgan fingerprint density at radius 1 is 1.32 bits per heavy atom. The highest BCUT2D eigenvalue weighted by Crippen LogP contribution is 2.13. The Labute approximate surface area is 115 Å². The van der Waals surface area contributed by atoms with Crippen LogP contribution in [0.5, 0.6) is 5.75 Å². The number of rotatable bonds is 7. The second kappa shape index (κ2) is 8.35. The second-order valence-electron chi connectivity index (χ2n) is 4.57. The Kier molecular flexibility index (Phi) is 6.72. The van der Waals surface area contributed by atoms with Crippen LogP contribution in [0.1, 0.15) is 39.2 Å². The molecule has 1 amide bonds. The number of hydrogen-bond donors (Lipinski definition) is 1. The average Bonchev–Trinajstić information content (AvgIpc) is 2.43. The molecule has 19 heavy (non-hydrogen) atoms. The first-order chi connectivity index (χ1) is 9.15. The molecule has 3 heteroatoms. The van der Waals surface area contributed by atoms with Gasteiger partial charge in [-0.3, -0.25) is 4.79 Å². The summed E-state index contributed by atoms with van der Waals surface area (Å²) in [5.74, 6) is 0.809. The molecule has 0 aliphatic rings. The van der Waals surface area contributed by atoms with Crippen LogP contribution in [0.25, 0.3) is 6.08 Å². The van der Waals surface area contributed by atoms with Crippen molar-refractivity contribution in [3.63, 3.8) is 0 Å². The fraction of sp³-hybridized carbons (Fsp3) is 0.438. The molecule has 0 saturated carbocycles. The summed E-state index contributed by atoms with van der Waals surface area (Å²) in [6, 6.07) is 7.93. The number of carbonyl (C=O) groups is 1. The Balaban J connectivity index is 2.50. The van der Waals surface area contributed by atoms with Crippen molar-refractivity contribution < 1.29 is 9.53 Å². The van der Waals surface area contributed by atoms with Gasteiger partial charge in [0.05, 0.1) is 6.61 Å². The van der Waals surface area contributed by atoms with Gasteiger partial charge in [0, 0.05) is 12.1 Å². The summed E-state index contributed by atoms with van der Waals surface area (Å²) in [6.07, 6.45) is 5.30. The molecular formula is C16H23NO2. The molecule has 1 rings (SSSR count). The lowest BCUT2D eigenvalue weighted by Crippen LogP contribution is -2.30. The minimum absolute atomic E-state index is 0.0549. The van der Waals surface area contributed by atoms with Gasteiger partial charge in [-0.05, 0) is 43.5 Å². The summed E-state index contributed by atoms with van der Waals surface area (Å²) in [7, 11) is 0. The number of amides is 1. The first-order valence-corrected chi connectivity index (χ1v) is 6.87. The third-order valence-electron chi connectivity index (χ3n) is 2.78. The molecule has 1 aromatic rings. The highest BCUT2D eigenvalue weighted by atomic mass is 16.5. The van der Waals surface area contributed by atoms with Crippen LogP contribution in [0.3, 0.4) is 0 Å². The Bertz CT molecular complexity index is 409. The van der Waals surface area contributed by atoms with Gasteiger partial charge in [0.1, 0.15) is 5.75 Å². The van der Waals surface area contributed by atoms with Gasteiger partial charge < -0.3 is 10.1 Å². The van der Waals surface area contributed by atoms with Crippen molar-refractivity contribution in [2.24, 2.45) is 0 Å². The minimum atomic E-state index is -0.0549. The Morgan fingerprint density at radius 3 is 2.58 bits per heavy atom. The third-order valence-corrected chi connectivity index (χ3v) is 2.78. The molecule has 0 bridgehead atoms. The summed E-state index contributed by atoms with van der Waals surface area (Å²) in [6.45, 7) is 6.84. The molecule has 0 fully saturated rings. The lowest BCUT2D eigenvalue weighted by Gasteiger charge is -2.08. The zero-order valence-electron chi connectivity index (χ0n) is 12.0. The maximum absolute atomic E-state index is 11.6. The molecule has 0 aliphatic carbocycles. The summed E-state index contributed by atoms with van der Waals surface area (Å²) in [4.78, 5) is 11.6. The van der Waals surface area contributed by atoms with E-state index in [-0.39, 0.29) is 11.9 Å².